The molecule has 1 amide bonds. The van der Waals surface area contributed by atoms with E-state index in [1.54, 1.807) is 0 Å². The van der Waals surface area contributed by atoms with E-state index in [-0.39, 0.29) is 5.91 Å². The molecule has 0 saturated heterocycles. The predicted molar refractivity (Wildman–Crippen MR) is 84.2 cm³/mol. The monoisotopic (exact) mass is 314 g/mol. The first-order valence-corrected chi connectivity index (χ1v) is 8.80. The third kappa shape index (κ3) is 4.19. The van der Waals surface area contributed by atoms with Crippen LogP contribution in [0.2, 0.25) is 0 Å². The Hall–Kier alpha value is -0.610. The van der Waals surface area contributed by atoms with Crippen LogP contribution in [-0.2, 0) is 17.1 Å². The van der Waals surface area contributed by atoms with Gasteiger partial charge >= 0.3 is 0 Å². The largest absolute Gasteiger partial charge is 0.339 e. The van der Waals surface area contributed by atoms with Crippen LogP contribution >= 0.6 is 22.9 Å². The third-order valence-electron chi connectivity index (χ3n) is 3.69. The zero-order valence-corrected chi connectivity index (χ0v) is 13.8. The van der Waals surface area contributed by atoms with E-state index in [0.29, 0.717) is 24.3 Å². The molecular weight excluding hydrogens is 292 g/mol. The van der Waals surface area contributed by atoms with Crippen LogP contribution in [0.15, 0.2) is 5.38 Å². The zero-order valence-electron chi connectivity index (χ0n) is 12.3. The van der Waals surface area contributed by atoms with Crippen LogP contribution in [0.1, 0.15) is 50.2 Å². The Morgan fingerprint density at radius 2 is 2.20 bits per heavy atom. The summed E-state index contributed by atoms with van der Waals surface area (Å²) >= 11 is 7.30. The second kappa shape index (κ2) is 7.41. The first kappa shape index (κ1) is 15.8. The molecule has 0 N–H and O–H groups in total. The van der Waals surface area contributed by atoms with Crippen molar-refractivity contribution in [3.05, 3.63) is 16.1 Å². The van der Waals surface area contributed by atoms with Crippen LogP contribution in [0.3, 0.4) is 0 Å². The number of carbonyl (C=O) groups excluding carboxylic acids is 1. The molecule has 1 aromatic rings. The quantitative estimate of drug-likeness (QED) is 0.747. The van der Waals surface area contributed by atoms with Gasteiger partial charge < -0.3 is 4.90 Å². The Kier molecular flexibility index (Phi) is 5.85. The number of halogens is 1. The number of alkyl halides is 1. The van der Waals surface area contributed by atoms with E-state index in [0.717, 1.165) is 30.1 Å². The second-order valence-electron chi connectivity index (χ2n) is 5.92. The standard InChI is InChI=1S/C15H23ClN2OS/c1-11(2)9-18(13-5-3-4-6-13)15(19)7-14-17-12(8-16)10-20-14/h10-11,13H,3-9H2,1-2H3. The smallest absolute Gasteiger partial charge is 0.229 e. The Labute approximate surface area is 130 Å². The van der Waals surface area contributed by atoms with Crippen molar-refractivity contribution in [2.24, 2.45) is 5.92 Å². The van der Waals surface area contributed by atoms with Gasteiger partial charge in [-0.05, 0) is 18.8 Å². The van der Waals surface area contributed by atoms with Gasteiger partial charge in [-0.3, -0.25) is 4.79 Å². The zero-order chi connectivity index (χ0) is 14.5. The van der Waals surface area contributed by atoms with Gasteiger partial charge in [-0.2, -0.15) is 0 Å². The minimum absolute atomic E-state index is 0.223. The normalized spacial score (nSPS) is 16.0. The number of thiazole rings is 1. The first-order valence-electron chi connectivity index (χ1n) is 7.39. The second-order valence-corrected chi connectivity index (χ2v) is 7.13. The molecule has 1 fully saturated rings. The van der Waals surface area contributed by atoms with E-state index < -0.39 is 0 Å². The van der Waals surface area contributed by atoms with Gasteiger partial charge in [-0.25, -0.2) is 4.98 Å². The SMILES string of the molecule is CC(C)CN(C(=O)Cc1nc(CCl)cs1)C1CCCC1. The van der Waals surface area contributed by atoms with Crippen molar-refractivity contribution in [3.8, 4) is 0 Å². The summed E-state index contributed by atoms with van der Waals surface area (Å²) in [6.45, 7) is 5.20. The van der Waals surface area contributed by atoms with Gasteiger partial charge in [0.2, 0.25) is 5.91 Å². The summed E-state index contributed by atoms with van der Waals surface area (Å²) in [7, 11) is 0. The van der Waals surface area contributed by atoms with Crippen molar-refractivity contribution < 1.29 is 4.79 Å². The van der Waals surface area contributed by atoms with Crippen LogP contribution < -0.4 is 0 Å². The Bertz CT molecular complexity index is 441. The van der Waals surface area contributed by atoms with Crippen LogP contribution in [0.5, 0.6) is 0 Å². The molecule has 0 spiro atoms. The Morgan fingerprint density at radius 1 is 1.50 bits per heavy atom. The summed E-state index contributed by atoms with van der Waals surface area (Å²) < 4.78 is 0. The van der Waals surface area contributed by atoms with Crippen molar-refractivity contribution in [3.63, 3.8) is 0 Å². The van der Waals surface area contributed by atoms with Gasteiger partial charge in [0.15, 0.2) is 0 Å². The lowest BCUT2D eigenvalue weighted by Gasteiger charge is -2.30. The lowest BCUT2D eigenvalue weighted by atomic mass is 10.1. The van der Waals surface area contributed by atoms with Gasteiger partial charge in [0.25, 0.3) is 0 Å². The fraction of sp³-hybridized carbons (Fsp3) is 0.733. The molecule has 0 unspecified atom stereocenters. The molecule has 3 nitrogen and oxygen atoms in total. The number of amides is 1. The number of rotatable bonds is 6. The van der Waals surface area contributed by atoms with Crippen LogP contribution in [0, 0.1) is 5.92 Å². The van der Waals surface area contributed by atoms with Gasteiger partial charge in [0.1, 0.15) is 5.01 Å². The first-order chi connectivity index (χ1) is 9.60. The average molecular weight is 315 g/mol. The fourth-order valence-electron chi connectivity index (χ4n) is 2.79. The van der Waals surface area contributed by atoms with E-state index in [1.165, 1.54) is 24.2 Å². The number of hydrogen-bond donors (Lipinski definition) is 0. The lowest BCUT2D eigenvalue weighted by Crippen LogP contribution is -2.42. The summed E-state index contributed by atoms with van der Waals surface area (Å²) in [5.41, 5.74) is 0.871. The molecule has 0 aromatic carbocycles. The molecule has 112 valence electrons. The van der Waals surface area contributed by atoms with Gasteiger partial charge in [0.05, 0.1) is 18.0 Å². The highest BCUT2D eigenvalue weighted by atomic mass is 35.5. The topological polar surface area (TPSA) is 33.2 Å². The third-order valence-corrected chi connectivity index (χ3v) is 4.86. The van der Waals surface area contributed by atoms with Crippen LogP contribution in [0.25, 0.3) is 0 Å². The molecule has 0 aliphatic heterocycles. The van der Waals surface area contributed by atoms with Gasteiger partial charge in [-0.15, -0.1) is 22.9 Å². The molecule has 1 heterocycles. The molecule has 1 aliphatic carbocycles. The predicted octanol–water partition coefficient (Wildman–Crippen LogP) is 3.85. The maximum atomic E-state index is 12.6. The van der Waals surface area contributed by atoms with Crippen molar-refractivity contribution in [1.29, 1.82) is 0 Å². The molecule has 1 aromatic heterocycles. The number of hydrogen-bond acceptors (Lipinski definition) is 3. The van der Waals surface area contributed by atoms with Gasteiger partial charge in [-0.1, -0.05) is 26.7 Å². The summed E-state index contributed by atoms with van der Waals surface area (Å²) in [6, 6.07) is 0.442. The van der Waals surface area contributed by atoms with Crippen molar-refractivity contribution in [2.45, 2.75) is 57.9 Å². The maximum absolute atomic E-state index is 12.6. The number of nitrogens with zero attached hydrogens (tertiary/aromatic N) is 2. The van der Waals surface area contributed by atoms with E-state index in [1.807, 2.05) is 5.38 Å². The van der Waals surface area contributed by atoms with E-state index >= 15 is 0 Å². The Morgan fingerprint density at radius 3 is 2.75 bits per heavy atom. The summed E-state index contributed by atoms with van der Waals surface area (Å²) in [4.78, 5) is 19.1. The molecule has 0 bridgehead atoms. The van der Waals surface area contributed by atoms with E-state index in [2.05, 4.69) is 23.7 Å². The molecule has 20 heavy (non-hydrogen) atoms. The minimum atomic E-state index is 0.223. The summed E-state index contributed by atoms with van der Waals surface area (Å²) in [5, 5.41) is 2.83. The summed E-state index contributed by atoms with van der Waals surface area (Å²) in [6.07, 6.45) is 5.23. The van der Waals surface area contributed by atoms with Crippen LogP contribution in [-0.4, -0.2) is 28.4 Å². The highest BCUT2D eigenvalue weighted by Gasteiger charge is 2.27. The van der Waals surface area contributed by atoms with E-state index in [9.17, 15) is 4.79 Å². The van der Waals surface area contributed by atoms with Crippen LogP contribution in [0.4, 0.5) is 0 Å². The van der Waals surface area contributed by atoms with Crippen molar-refractivity contribution >= 4 is 28.8 Å². The van der Waals surface area contributed by atoms with Crippen molar-refractivity contribution in [2.75, 3.05) is 6.54 Å². The molecule has 0 radical (unpaired) electrons. The summed E-state index contributed by atoms with van der Waals surface area (Å²) in [5.74, 6) is 1.15. The highest BCUT2D eigenvalue weighted by molar-refractivity contribution is 7.09. The average Bonchev–Trinajstić information content (AvgIpc) is 3.06. The van der Waals surface area contributed by atoms with Gasteiger partial charge in [0, 0.05) is 18.0 Å². The van der Waals surface area contributed by atoms with Crippen molar-refractivity contribution in [1.82, 2.24) is 9.88 Å². The fourth-order valence-corrected chi connectivity index (χ4v) is 3.80. The molecule has 1 saturated carbocycles. The Balaban J connectivity index is 2.01. The molecular formula is C15H23ClN2OS. The molecule has 2 rings (SSSR count). The lowest BCUT2D eigenvalue weighted by molar-refractivity contribution is -0.133. The minimum Gasteiger partial charge on any atom is -0.339 e. The number of carbonyl (C=O) groups is 1. The molecule has 5 heteroatoms. The molecule has 0 atom stereocenters. The highest BCUT2D eigenvalue weighted by Crippen LogP contribution is 2.25. The number of aromatic nitrogens is 1. The molecule has 1 aliphatic rings. The maximum Gasteiger partial charge on any atom is 0.229 e. The van der Waals surface area contributed by atoms with E-state index in [4.69, 9.17) is 11.6 Å².